The summed E-state index contributed by atoms with van der Waals surface area (Å²) in [6, 6.07) is 7.87. The first-order valence-electron chi connectivity index (χ1n) is 15.8. The molecule has 9 heteroatoms. The molecule has 0 unspecified atom stereocenters. The minimum Gasteiger partial charge on any atom is -0.377 e. The Hall–Kier alpha value is -3.07. The zero-order chi connectivity index (χ0) is 34.8. The maximum absolute atomic E-state index is 12.4. The first kappa shape index (κ1) is 44.1. The fourth-order valence-corrected chi connectivity index (χ4v) is 4.41. The number of Topliss-reactive ketones (excluding diaryl/α,β-unsaturated/α-hetero) is 1. The van der Waals surface area contributed by atoms with E-state index in [1.807, 2.05) is 32.9 Å². The van der Waals surface area contributed by atoms with E-state index in [2.05, 4.69) is 31.8 Å². The first-order chi connectivity index (χ1) is 21.4. The van der Waals surface area contributed by atoms with E-state index in [1.165, 1.54) is 58.1 Å². The monoisotopic (exact) mass is 643 g/mol. The molecule has 0 saturated carbocycles. The highest BCUT2D eigenvalue weighted by molar-refractivity contribution is 5.95. The van der Waals surface area contributed by atoms with Gasteiger partial charge in [0.05, 0.1) is 25.5 Å². The van der Waals surface area contributed by atoms with Gasteiger partial charge in [0.25, 0.3) is 5.91 Å². The summed E-state index contributed by atoms with van der Waals surface area (Å²) in [5, 5.41) is 4.86. The van der Waals surface area contributed by atoms with Gasteiger partial charge in [0.15, 0.2) is 5.78 Å². The molecule has 0 radical (unpaired) electrons. The van der Waals surface area contributed by atoms with Gasteiger partial charge in [-0.25, -0.2) is 4.39 Å². The molecular formula is C36H54F5NO3. The van der Waals surface area contributed by atoms with E-state index in [9.17, 15) is 31.5 Å². The number of carbonyl (C=O) groups excluding carboxylic acids is 2. The summed E-state index contributed by atoms with van der Waals surface area (Å²) in [5.41, 5.74) is 1.18. The maximum Gasteiger partial charge on any atom is 0.416 e. The van der Waals surface area contributed by atoms with Crippen molar-refractivity contribution >= 4 is 24.3 Å². The number of hydrogen-bond donors (Lipinski definition) is 1. The molecule has 0 heterocycles. The minimum absolute atomic E-state index is 0.0707. The Morgan fingerprint density at radius 1 is 0.933 bits per heavy atom. The second kappa shape index (κ2) is 26.2. The summed E-state index contributed by atoms with van der Waals surface area (Å²) in [6.07, 6.45) is 5.12. The lowest BCUT2D eigenvalue weighted by molar-refractivity contribution is -0.137. The van der Waals surface area contributed by atoms with Crippen LogP contribution in [0.15, 0.2) is 36.4 Å². The molecule has 0 atom stereocenters. The molecule has 0 bridgehead atoms. The third-order valence-electron chi connectivity index (χ3n) is 6.54. The molecule has 2 aromatic rings. The average Bonchev–Trinajstić information content (AvgIpc) is 3.00. The maximum atomic E-state index is 12.4. The molecule has 1 N–H and O–H groups in total. The van der Waals surface area contributed by atoms with Crippen molar-refractivity contribution in [1.82, 2.24) is 5.32 Å². The molecule has 0 aliphatic carbocycles. The van der Waals surface area contributed by atoms with Crippen LogP contribution in [0.5, 0.6) is 0 Å². The third kappa shape index (κ3) is 19.1. The van der Waals surface area contributed by atoms with Crippen LogP contribution in [0.25, 0.3) is 12.7 Å². The summed E-state index contributed by atoms with van der Waals surface area (Å²) in [5.74, 6) is 0.412. The van der Waals surface area contributed by atoms with Crippen LogP contribution in [0.4, 0.5) is 22.0 Å². The molecule has 256 valence electrons. The SMILES string of the molecule is C=c1ccc(C(=O)NCCOCCF)c(C)/c1=C/CCC(CCC)CCC.CC.CC(=O)c1ccc(C(F)(F)F)cc1.CCF. The topological polar surface area (TPSA) is 55.4 Å². The van der Waals surface area contributed by atoms with Crippen LogP contribution in [-0.4, -0.2) is 44.8 Å². The van der Waals surface area contributed by atoms with Crippen LogP contribution < -0.4 is 15.8 Å². The van der Waals surface area contributed by atoms with E-state index in [-0.39, 0.29) is 30.5 Å². The van der Waals surface area contributed by atoms with Gasteiger partial charge in [0, 0.05) is 17.7 Å². The Morgan fingerprint density at radius 2 is 1.49 bits per heavy atom. The summed E-state index contributed by atoms with van der Waals surface area (Å²) in [6.45, 7) is 17.4. The van der Waals surface area contributed by atoms with E-state index < -0.39 is 18.4 Å². The van der Waals surface area contributed by atoms with Gasteiger partial charge in [-0.2, -0.15) is 13.2 Å². The van der Waals surface area contributed by atoms with Crippen LogP contribution in [-0.2, 0) is 10.9 Å². The van der Waals surface area contributed by atoms with Crippen LogP contribution in [0.3, 0.4) is 0 Å². The number of halogens is 5. The fourth-order valence-electron chi connectivity index (χ4n) is 4.41. The van der Waals surface area contributed by atoms with Crippen LogP contribution in [0.1, 0.15) is 112 Å². The lowest BCUT2D eigenvalue weighted by atomic mass is 9.93. The van der Waals surface area contributed by atoms with Crippen molar-refractivity contribution < 1.29 is 36.3 Å². The van der Waals surface area contributed by atoms with Crippen LogP contribution >= 0.6 is 0 Å². The van der Waals surface area contributed by atoms with E-state index in [0.29, 0.717) is 18.7 Å². The van der Waals surface area contributed by atoms with Crippen molar-refractivity contribution in [3.8, 4) is 0 Å². The van der Waals surface area contributed by atoms with Crippen molar-refractivity contribution in [2.75, 3.05) is 33.1 Å². The van der Waals surface area contributed by atoms with Gasteiger partial charge >= 0.3 is 6.18 Å². The molecule has 0 aromatic heterocycles. The molecule has 0 aliphatic heterocycles. The quantitative estimate of drug-likeness (QED) is 0.127. The molecule has 0 aliphatic rings. The Balaban J connectivity index is 0. The van der Waals surface area contributed by atoms with Crippen molar-refractivity contribution in [3.63, 3.8) is 0 Å². The Morgan fingerprint density at radius 3 is 1.96 bits per heavy atom. The number of benzene rings is 2. The number of rotatable bonds is 14. The van der Waals surface area contributed by atoms with Gasteiger partial charge in [-0.3, -0.25) is 14.0 Å². The smallest absolute Gasteiger partial charge is 0.377 e. The van der Waals surface area contributed by atoms with E-state index in [0.717, 1.165) is 40.5 Å². The summed E-state index contributed by atoms with van der Waals surface area (Å²) < 4.78 is 63.4. The predicted molar refractivity (Wildman–Crippen MR) is 177 cm³/mol. The Bertz CT molecular complexity index is 1170. The Labute approximate surface area is 267 Å². The van der Waals surface area contributed by atoms with Gasteiger partial charge in [-0.05, 0) is 73.7 Å². The van der Waals surface area contributed by atoms with Gasteiger partial charge in [-0.1, -0.05) is 84.2 Å². The highest BCUT2D eigenvalue weighted by Gasteiger charge is 2.30. The zero-order valence-corrected chi connectivity index (χ0v) is 28.2. The number of alkyl halides is 5. The average molecular weight is 644 g/mol. The zero-order valence-electron chi connectivity index (χ0n) is 28.2. The van der Waals surface area contributed by atoms with Gasteiger partial charge in [-0.15, -0.1) is 0 Å². The normalized spacial score (nSPS) is 11.0. The second-order valence-electron chi connectivity index (χ2n) is 9.99. The van der Waals surface area contributed by atoms with Crippen molar-refractivity contribution in [2.24, 2.45) is 5.92 Å². The van der Waals surface area contributed by atoms with Gasteiger partial charge in [0.2, 0.25) is 0 Å². The van der Waals surface area contributed by atoms with Crippen LogP contribution in [0.2, 0.25) is 0 Å². The van der Waals surface area contributed by atoms with Gasteiger partial charge < -0.3 is 10.1 Å². The lowest BCUT2D eigenvalue weighted by Gasteiger charge is -2.13. The van der Waals surface area contributed by atoms with E-state index in [4.69, 9.17) is 4.74 Å². The molecule has 0 fully saturated rings. The largest absolute Gasteiger partial charge is 0.416 e. The highest BCUT2D eigenvalue weighted by Crippen LogP contribution is 2.29. The van der Waals surface area contributed by atoms with Crippen molar-refractivity contribution in [3.05, 3.63) is 69.1 Å². The highest BCUT2D eigenvalue weighted by atomic mass is 19.4. The van der Waals surface area contributed by atoms with Crippen molar-refractivity contribution in [1.29, 1.82) is 0 Å². The van der Waals surface area contributed by atoms with Crippen LogP contribution in [0, 0.1) is 12.8 Å². The lowest BCUT2D eigenvalue weighted by Crippen LogP contribution is -2.33. The summed E-state index contributed by atoms with van der Waals surface area (Å²) >= 11 is 0. The number of carbonyl (C=O) groups is 2. The standard InChI is InChI=1S/C23H36FNO2.C9H7F3O.C2H5F.C2H6/c1-5-8-20(9-6-2)10-7-11-21-18(3)12-13-22(19(21)4)23(26)25-15-17-27-16-14-24;1-6(13)7-2-4-8(5-3-7)9(10,11)12;1-2-3;1-2/h11-13,20H,3,5-10,14-17H2,1-2,4H3,(H,25,26);2-5H,1H3;2H2,1H3;1-2H3/b21-11+;;;. The number of amides is 1. The second-order valence-corrected chi connectivity index (χ2v) is 9.99. The van der Waals surface area contributed by atoms with E-state index in [1.54, 1.807) is 0 Å². The molecule has 0 saturated heterocycles. The molecular weight excluding hydrogens is 589 g/mol. The van der Waals surface area contributed by atoms with Gasteiger partial charge in [0.1, 0.15) is 6.67 Å². The minimum atomic E-state index is -4.34. The molecule has 1 amide bonds. The summed E-state index contributed by atoms with van der Waals surface area (Å²) in [4.78, 5) is 23.2. The first-order valence-corrected chi connectivity index (χ1v) is 15.8. The summed E-state index contributed by atoms with van der Waals surface area (Å²) in [7, 11) is 0. The molecule has 4 nitrogen and oxygen atoms in total. The molecule has 2 rings (SSSR count). The molecule has 0 spiro atoms. The third-order valence-corrected chi connectivity index (χ3v) is 6.54. The Kier molecular flexibility index (Phi) is 25.6. The molecule has 2 aromatic carbocycles. The fraction of sp³-hybridized carbons (Fsp3) is 0.556. The van der Waals surface area contributed by atoms with E-state index >= 15 is 0 Å². The number of ketones is 1. The number of hydrogen-bond acceptors (Lipinski definition) is 3. The molecule has 45 heavy (non-hydrogen) atoms. The number of ether oxygens (including phenoxy) is 1. The number of nitrogens with one attached hydrogen (secondary N) is 1. The predicted octanol–water partition coefficient (Wildman–Crippen LogP) is 8.81. The van der Waals surface area contributed by atoms with Crippen molar-refractivity contribution in [2.45, 2.75) is 93.2 Å².